The Bertz CT molecular complexity index is 417. The van der Waals surface area contributed by atoms with E-state index in [9.17, 15) is 8.78 Å². The molecule has 0 bridgehead atoms. The van der Waals surface area contributed by atoms with Crippen molar-refractivity contribution in [1.29, 1.82) is 0 Å². The van der Waals surface area contributed by atoms with E-state index in [1.54, 1.807) is 0 Å². The van der Waals surface area contributed by atoms with Gasteiger partial charge in [-0.1, -0.05) is 44.0 Å². The summed E-state index contributed by atoms with van der Waals surface area (Å²) in [4.78, 5) is 2.49. The Morgan fingerprint density at radius 1 is 1.19 bits per heavy atom. The van der Waals surface area contributed by atoms with E-state index in [-0.39, 0.29) is 11.6 Å². The molecule has 1 aromatic carbocycles. The Balaban J connectivity index is 2.16. The number of piperidine rings is 1. The second-order valence-corrected chi connectivity index (χ2v) is 5.89. The SMILES string of the molecule is CCCC1CCCCN1C(CN)c1ccc(C(F)F)cc1. The van der Waals surface area contributed by atoms with Crippen LogP contribution < -0.4 is 5.73 Å². The summed E-state index contributed by atoms with van der Waals surface area (Å²) >= 11 is 0. The van der Waals surface area contributed by atoms with E-state index in [1.807, 2.05) is 12.1 Å². The molecule has 1 aromatic rings. The van der Waals surface area contributed by atoms with Crippen molar-refractivity contribution in [2.24, 2.45) is 5.73 Å². The lowest BCUT2D eigenvalue weighted by molar-refractivity contribution is 0.0912. The van der Waals surface area contributed by atoms with E-state index in [2.05, 4.69) is 11.8 Å². The second kappa shape index (κ2) is 7.85. The molecule has 2 rings (SSSR count). The first-order valence-electron chi connectivity index (χ1n) is 8.01. The van der Waals surface area contributed by atoms with Gasteiger partial charge in [0.2, 0.25) is 0 Å². The van der Waals surface area contributed by atoms with Crippen LogP contribution in [0.25, 0.3) is 0 Å². The van der Waals surface area contributed by atoms with Gasteiger partial charge in [-0.25, -0.2) is 8.78 Å². The van der Waals surface area contributed by atoms with Crippen molar-refractivity contribution in [3.05, 3.63) is 35.4 Å². The van der Waals surface area contributed by atoms with Crippen LogP contribution in [0.4, 0.5) is 8.78 Å². The fraction of sp³-hybridized carbons (Fsp3) is 0.647. The van der Waals surface area contributed by atoms with Crippen molar-refractivity contribution in [3.63, 3.8) is 0 Å². The fourth-order valence-electron chi connectivity index (χ4n) is 3.40. The van der Waals surface area contributed by atoms with E-state index in [0.717, 1.165) is 12.1 Å². The molecule has 2 unspecified atom stereocenters. The summed E-state index contributed by atoms with van der Waals surface area (Å²) < 4.78 is 25.3. The largest absolute Gasteiger partial charge is 0.329 e. The third-order valence-electron chi connectivity index (χ3n) is 4.49. The molecule has 0 saturated carbocycles. The highest BCUT2D eigenvalue weighted by atomic mass is 19.3. The highest BCUT2D eigenvalue weighted by Crippen LogP contribution is 2.31. The molecule has 21 heavy (non-hydrogen) atoms. The molecule has 0 radical (unpaired) electrons. The minimum Gasteiger partial charge on any atom is -0.329 e. The normalized spacial score (nSPS) is 21.7. The number of halogens is 2. The van der Waals surface area contributed by atoms with Gasteiger partial charge in [0, 0.05) is 24.2 Å². The Morgan fingerprint density at radius 3 is 2.43 bits per heavy atom. The maximum absolute atomic E-state index is 12.7. The smallest absolute Gasteiger partial charge is 0.263 e. The predicted molar refractivity (Wildman–Crippen MR) is 82.4 cm³/mol. The first-order chi connectivity index (χ1) is 10.2. The van der Waals surface area contributed by atoms with Gasteiger partial charge in [0.1, 0.15) is 0 Å². The summed E-state index contributed by atoms with van der Waals surface area (Å²) in [6.45, 7) is 3.80. The number of rotatable bonds is 6. The Kier molecular flexibility index (Phi) is 6.12. The molecular formula is C17H26F2N2. The van der Waals surface area contributed by atoms with Gasteiger partial charge < -0.3 is 5.73 Å². The lowest BCUT2D eigenvalue weighted by Crippen LogP contribution is -2.44. The number of hydrogen-bond donors (Lipinski definition) is 1. The molecule has 2 atom stereocenters. The van der Waals surface area contributed by atoms with Crippen molar-refractivity contribution >= 4 is 0 Å². The molecule has 0 amide bonds. The molecule has 1 fully saturated rings. The van der Waals surface area contributed by atoms with Crippen LogP contribution in [-0.2, 0) is 0 Å². The summed E-state index contributed by atoms with van der Waals surface area (Å²) in [5.74, 6) is 0. The van der Waals surface area contributed by atoms with Gasteiger partial charge in [-0.15, -0.1) is 0 Å². The van der Waals surface area contributed by atoms with Crippen molar-refractivity contribution in [2.75, 3.05) is 13.1 Å². The summed E-state index contributed by atoms with van der Waals surface area (Å²) in [5, 5.41) is 0. The minimum atomic E-state index is -2.40. The number of likely N-dealkylation sites (tertiary alicyclic amines) is 1. The van der Waals surface area contributed by atoms with Crippen LogP contribution in [-0.4, -0.2) is 24.0 Å². The zero-order valence-corrected chi connectivity index (χ0v) is 12.8. The topological polar surface area (TPSA) is 29.3 Å². The number of alkyl halides is 2. The minimum absolute atomic E-state index is 0.0817. The lowest BCUT2D eigenvalue weighted by Gasteiger charge is -2.41. The number of hydrogen-bond acceptors (Lipinski definition) is 2. The molecule has 1 saturated heterocycles. The molecule has 0 spiro atoms. The van der Waals surface area contributed by atoms with Crippen LogP contribution in [0.1, 0.15) is 62.6 Å². The standard InChI is InChI=1S/C17H26F2N2/c1-2-5-15-6-3-4-11-21(15)16(12-20)13-7-9-14(10-8-13)17(18)19/h7-10,15-17H,2-6,11-12,20H2,1H3. The van der Waals surface area contributed by atoms with E-state index in [4.69, 9.17) is 5.73 Å². The number of nitrogens with zero attached hydrogens (tertiary/aromatic N) is 1. The lowest BCUT2D eigenvalue weighted by atomic mass is 9.93. The highest BCUT2D eigenvalue weighted by molar-refractivity contribution is 5.26. The van der Waals surface area contributed by atoms with Gasteiger partial charge >= 0.3 is 0 Å². The van der Waals surface area contributed by atoms with Crippen molar-refractivity contribution in [2.45, 2.75) is 57.5 Å². The molecule has 1 aliphatic heterocycles. The van der Waals surface area contributed by atoms with Gasteiger partial charge in [0.25, 0.3) is 6.43 Å². The van der Waals surface area contributed by atoms with E-state index in [0.29, 0.717) is 12.6 Å². The van der Waals surface area contributed by atoms with Crippen molar-refractivity contribution in [3.8, 4) is 0 Å². The number of benzene rings is 1. The monoisotopic (exact) mass is 296 g/mol. The Morgan fingerprint density at radius 2 is 1.86 bits per heavy atom. The van der Waals surface area contributed by atoms with Gasteiger partial charge in [-0.3, -0.25) is 4.90 Å². The maximum Gasteiger partial charge on any atom is 0.263 e. The predicted octanol–water partition coefficient (Wildman–Crippen LogP) is 4.28. The molecule has 0 aliphatic carbocycles. The van der Waals surface area contributed by atoms with Crippen LogP contribution in [0.15, 0.2) is 24.3 Å². The quantitative estimate of drug-likeness (QED) is 0.849. The van der Waals surface area contributed by atoms with Crippen molar-refractivity contribution in [1.82, 2.24) is 4.90 Å². The summed E-state index contributed by atoms with van der Waals surface area (Å²) in [6, 6.07) is 7.41. The van der Waals surface area contributed by atoms with Gasteiger partial charge in [-0.05, 0) is 31.4 Å². The van der Waals surface area contributed by atoms with Gasteiger partial charge in [-0.2, -0.15) is 0 Å². The third kappa shape index (κ3) is 4.01. The average Bonchev–Trinajstić information content (AvgIpc) is 2.50. The molecule has 118 valence electrons. The molecule has 4 heteroatoms. The summed E-state index contributed by atoms with van der Waals surface area (Å²) in [5.41, 5.74) is 7.14. The highest BCUT2D eigenvalue weighted by Gasteiger charge is 2.28. The van der Waals surface area contributed by atoms with Gasteiger partial charge in [0.05, 0.1) is 0 Å². The molecule has 1 heterocycles. The van der Waals surface area contributed by atoms with Gasteiger partial charge in [0.15, 0.2) is 0 Å². The maximum atomic E-state index is 12.7. The Labute approximate surface area is 126 Å². The molecule has 2 nitrogen and oxygen atoms in total. The Hall–Kier alpha value is -1.00. The first-order valence-corrected chi connectivity index (χ1v) is 8.01. The van der Waals surface area contributed by atoms with E-state index >= 15 is 0 Å². The molecule has 0 aromatic heterocycles. The fourth-order valence-corrected chi connectivity index (χ4v) is 3.40. The molecule has 2 N–H and O–H groups in total. The zero-order chi connectivity index (χ0) is 15.2. The molecule has 1 aliphatic rings. The number of nitrogens with two attached hydrogens (primary N) is 1. The first kappa shape index (κ1) is 16.4. The third-order valence-corrected chi connectivity index (χ3v) is 4.49. The summed E-state index contributed by atoms with van der Waals surface area (Å²) in [6.07, 6.45) is 3.65. The van der Waals surface area contributed by atoms with Crippen LogP contribution >= 0.6 is 0 Å². The van der Waals surface area contributed by atoms with Crippen LogP contribution in [0.3, 0.4) is 0 Å². The van der Waals surface area contributed by atoms with Crippen LogP contribution in [0, 0.1) is 0 Å². The van der Waals surface area contributed by atoms with E-state index < -0.39 is 6.43 Å². The van der Waals surface area contributed by atoms with Crippen molar-refractivity contribution < 1.29 is 8.78 Å². The zero-order valence-electron chi connectivity index (χ0n) is 12.8. The van der Waals surface area contributed by atoms with Crippen LogP contribution in [0.2, 0.25) is 0 Å². The average molecular weight is 296 g/mol. The van der Waals surface area contributed by atoms with Crippen LogP contribution in [0.5, 0.6) is 0 Å². The summed E-state index contributed by atoms with van der Waals surface area (Å²) in [7, 11) is 0. The van der Waals surface area contributed by atoms with E-state index in [1.165, 1.54) is 44.2 Å². The molecular weight excluding hydrogens is 270 g/mol. The second-order valence-electron chi connectivity index (χ2n) is 5.89.